The fourth-order valence-corrected chi connectivity index (χ4v) is 3.16. The van der Waals surface area contributed by atoms with Crippen LogP contribution in [-0.4, -0.2) is 25.1 Å². The van der Waals surface area contributed by atoms with E-state index >= 15 is 0 Å². The highest BCUT2D eigenvalue weighted by molar-refractivity contribution is 7.14. The molecule has 0 unspecified atom stereocenters. The Bertz CT molecular complexity index is 871. The molecule has 0 saturated carbocycles. The van der Waals surface area contributed by atoms with Crippen LogP contribution in [0.5, 0.6) is 11.5 Å². The average molecular weight is 375 g/mol. The van der Waals surface area contributed by atoms with E-state index in [4.69, 9.17) is 21.1 Å². The summed E-state index contributed by atoms with van der Waals surface area (Å²) >= 11 is 7.24. The van der Waals surface area contributed by atoms with Gasteiger partial charge in [-0.3, -0.25) is 10.1 Å². The third-order valence-electron chi connectivity index (χ3n) is 3.52. The van der Waals surface area contributed by atoms with E-state index in [-0.39, 0.29) is 5.91 Å². The summed E-state index contributed by atoms with van der Waals surface area (Å²) in [6, 6.07) is 12.5. The van der Waals surface area contributed by atoms with Gasteiger partial charge in [-0.05, 0) is 24.3 Å². The minimum atomic E-state index is -0.341. The molecule has 25 heavy (non-hydrogen) atoms. The van der Waals surface area contributed by atoms with Crippen molar-refractivity contribution in [3.05, 3.63) is 58.4 Å². The Morgan fingerprint density at radius 3 is 2.32 bits per heavy atom. The number of ether oxygens (including phenoxy) is 2. The summed E-state index contributed by atoms with van der Waals surface area (Å²) in [4.78, 5) is 17.1. The molecule has 0 radical (unpaired) electrons. The lowest BCUT2D eigenvalue weighted by atomic mass is 10.1. The number of halogens is 1. The Morgan fingerprint density at radius 2 is 1.72 bits per heavy atom. The third-order valence-corrected chi connectivity index (χ3v) is 4.53. The highest BCUT2D eigenvalue weighted by Gasteiger charge is 2.19. The summed E-state index contributed by atoms with van der Waals surface area (Å²) < 4.78 is 10.5. The second-order valence-corrected chi connectivity index (χ2v) is 6.33. The molecule has 0 atom stereocenters. The van der Waals surface area contributed by atoms with E-state index in [1.165, 1.54) is 25.6 Å². The molecule has 0 aliphatic carbocycles. The average Bonchev–Trinajstić information content (AvgIpc) is 3.09. The van der Waals surface area contributed by atoms with Crippen molar-refractivity contribution >= 4 is 34.0 Å². The third kappa shape index (κ3) is 3.75. The topological polar surface area (TPSA) is 60.5 Å². The highest BCUT2D eigenvalue weighted by Crippen LogP contribution is 2.31. The lowest BCUT2D eigenvalue weighted by Crippen LogP contribution is -2.14. The summed E-state index contributed by atoms with van der Waals surface area (Å²) in [5, 5.41) is 5.82. The normalized spacial score (nSPS) is 10.4. The molecule has 3 aromatic rings. The summed E-state index contributed by atoms with van der Waals surface area (Å²) in [6.45, 7) is 0. The van der Waals surface area contributed by atoms with Gasteiger partial charge in [0.25, 0.3) is 5.91 Å². The Kier molecular flexibility index (Phi) is 5.21. The smallest absolute Gasteiger partial charge is 0.265 e. The van der Waals surface area contributed by atoms with Crippen molar-refractivity contribution in [1.29, 1.82) is 0 Å². The van der Waals surface area contributed by atoms with Gasteiger partial charge >= 0.3 is 0 Å². The number of thiazole rings is 1. The molecule has 0 bridgehead atoms. The predicted molar refractivity (Wildman–Crippen MR) is 100 cm³/mol. The SMILES string of the molecule is COc1cccc(OC)c1C(=O)Nc1nc(-c2ccc(Cl)cc2)cs1. The molecule has 1 aromatic heterocycles. The van der Waals surface area contributed by atoms with Crippen molar-refractivity contribution in [2.45, 2.75) is 0 Å². The standard InChI is InChI=1S/C18H15ClN2O3S/c1-23-14-4-3-5-15(24-2)16(14)17(22)21-18-20-13(10-25-18)11-6-8-12(19)9-7-11/h3-10H,1-2H3,(H,20,21,22). The number of hydrogen-bond donors (Lipinski definition) is 1. The van der Waals surface area contributed by atoms with Gasteiger partial charge in [0.2, 0.25) is 0 Å². The monoisotopic (exact) mass is 374 g/mol. The van der Waals surface area contributed by atoms with Crippen molar-refractivity contribution < 1.29 is 14.3 Å². The number of carbonyl (C=O) groups excluding carboxylic acids is 1. The van der Waals surface area contributed by atoms with Crippen LogP contribution in [0.25, 0.3) is 11.3 Å². The summed E-state index contributed by atoms with van der Waals surface area (Å²) in [7, 11) is 3.02. The van der Waals surface area contributed by atoms with Gasteiger partial charge in [0.15, 0.2) is 5.13 Å². The number of benzene rings is 2. The van der Waals surface area contributed by atoms with Gasteiger partial charge in [-0.25, -0.2) is 4.98 Å². The van der Waals surface area contributed by atoms with Crippen molar-refractivity contribution in [1.82, 2.24) is 4.98 Å². The van der Waals surface area contributed by atoms with Crippen LogP contribution in [0.1, 0.15) is 10.4 Å². The molecule has 1 amide bonds. The van der Waals surface area contributed by atoms with Crippen molar-refractivity contribution in [2.75, 3.05) is 19.5 Å². The zero-order valence-electron chi connectivity index (χ0n) is 13.6. The number of methoxy groups -OCH3 is 2. The fraction of sp³-hybridized carbons (Fsp3) is 0.111. The number of anilines is 1. The Labute approximate surface area is 154 Å². The van der Waals surface area contributed by atoms with Crippen molar-refractivity contribution in [3.63, 3.8) is 0 Å². The summed E-state index contributed by atoms with van der Waals surface area (Å²) in [6.07, 6.45) is 0. The zero-order chi connectivity index (χ0) is 17.8. The van der Waals surface area contributed by atoms with Crippen LogP contribution in [0.4, 0.5) is 5.13 Å². The predicted octanol–water partition coefficient (Wildman–Crippen LogP) is 4.73. The molecule has 0 aliphatic rings. The van der Waals surface area contributed by atoms with Crippen LogP contribution >= 0.6 is 22.9 Å². The second-order valence-electron chi connectivity index (χ2n) is 5.04. The number of amides is 1. The first-order valence-electron chi connectivity index (χ1n) is 7.36. The van der Waals surface area contributed by atoms with Gasteiger partial charge in [-0.15, -0.1) is 11.3 Å². The van der Waals surface area contributed by atoms with Crippen molar-refractivity contribution in [3.8, 4) is 22.8 Å². The van der Waals surface area contributed by atoms with E-state index < -0.39 is 0 Å². The van der Waals surface area contributed by atoms with E-state index in [2.05, 4.69) is 10.3 Å². The van der Waals surface area contributed by atoms with Gasteiger partial charge in [-0.2, -0.15) is 0 Å². The Morgan fingerprint density at radius 1 is 1.08 bits per heavy atom. The van der Waals surface area contributed by atoms with Gasteiger partial charge in [0, 0.05) is 16.0 Å². The first kappa shape index (κ1) is 17.3. The van der Waals surface area contributed by atoms with Crippen molar-refractivity contribution in [2.24, 2.45) is 0 Å². The lowest BCUT2D eigenvalue weighted by Gasteiger charge is -2.11. The summed E-state index contributed by atoms with van der Waals surface area (Å²) in [5.74, 6) is 0.531. The van der Waals surface area contributed by atoms with E-state index in [0.717, 1.165) is 11.3 Å². The van der Waals surface area contributed by atoms with Gasteiger partial charge in [-0.1, -0.05) is 29.8 Å². The fourth-order valence-electron chi connectivity index (χ4n) is 2.32. The van der Waals surface area contributed by atoms with Crippen LogP contribution < -0.4 is 14.8 Å². The first-order chi connectivity index (χ1) is 12.1. The number of aromatic nitrogens is 1. The van der Waals surface area contributed by atoms with Crippen LogP contribution in [0.3, 0.4) is 0 Å². The molecule has 7 heteroatoms. The first-order valence-corrected chi connectivity index (χ1v) is 8.62. The van der Waals surface area contributed by atoms with Crippen LogP contribution in [0.15, 0.2) is 47.8 Å². The molecule has 0 spiro atoms. The second kappa shape index (κ2) is 7.55. The maximum absolute atomic E-state index is 12.6. The molecule has 0 saturated heterocycles. The molecule has 2 aromatic carbocycles. The largest absolute Gasteiger partial charge is 0.496 e. The Hall–Kier alpha value is -2.57. The van der Waals surface area contributed by atoms with Crippen LogP contribution in [0, 0.1) is 0 Å². The van der Waals surface area contributed by atoms with Gasteiger partial charge in [0.05, 0.1) is 19.9 Å². The minimum absolute atomic E-state index is 0.329. The maximum Gasteiger partial charge on any atom is 0.265 e. The van der Waals surface area contributed by atoms with E-state index in [0.29, 0.717) is 27.2 Å². The minimum Gasteiger partial charge on any atom is -0.496 e. The highest BCUT2D eigenvalue weighted by atomic mass is 35.5. The number of rotatable bonds is 5. The zero-order valence-corrected chi connectivity index (χ0v) is 15.1. The summed E-state index contributed by atoms with van der Waals surface area (Å²) in [5.41, 5.74) is 2.02. The quantitative estimate of drug-likeness (QED) is 0.701. The molecule has 5 nitrogen and oxygen atoms in total. The van der Waals surface area contributed by atoms with E-state index in [1.807, 2.05) is 17.5 Å². The van der Waals surface area contributed by atoms with Crippen LogP contribution in [-0.2, 0) is 0 Å². The van der Waals surface area contributed by atoms with E-state index in [9.17, 15) is 4.79 Å². The van der Waals surface area contributed by atoms with Crippen LogP contribution in [0.2, 0.25) is 5.02 Å². The number of carbonyl (C=O) groups is 1. The molecule has 0 aliphatic heterocycles. The molecule has 1 heterocycles. The number of hydrogen-bond acceptors (Lipinski definition) is 5. The number of nitrogens with one attached hydrogen (secondary N) is 1. The Balaban J connectivity index is 1.84. The van der Waals surface area contributed by atoms with Gasteiger partial charge in [0.1, 0.15) is 17.1 Å². The maximum atomic E-state index is 12.6. The number of nitrogens with zero attached hydrogens (tertiary/aromatic N) is 1. The molecular formula is C18H15ClN2O3S. The molecule has 128 valence electrons. The lowest BCUT2D eigenvalue weighted by molar-refractivity contribution is 0.102. The molecular weight excluding hydrogens is 360 g/mol. The molecule has 1 N–H and O–H groups in total. The molecule has 0 fully saturated rings. The van der Waals surface area contributed by atoms with E-state index in [1.54, 1.807) is 30.3 Å². The molecule has 3 rings (SSSR count). The van der Waals surface area contributed by atoms with Gasteiger partial charge < -0.3 is 9.47 Å².